The molecule has 0 aliphatic heterocycles. The van der Waals surface area contributed by atoms with Crippen LogP contribution in [-0.4, -0.2) is 20.3 Å². The van der Waals surface area contributed by atoms with Gasteiger partial charge in [-0.25, -0.2) is 0 Å². The molecule has 20 heavy (non-hydrogen) atoms. The number of aromatic nitrogens is 3. The van der Waals surface area contributed by atoms with Gasteiger partial charge in [0.25, 0.3) is 5.91 Å². The summed E-state index contributed by atoms with van der Waals surface area (Å²) in [6.45, 7) is 0.353. The van der Waals surface area contributed by atoms with Gasteiger partial charge in [-0.15, -0.1) is 0 Å². The van der Waals surface area contributed by atoms with Crippen molar-refractivity contribution in [2.24, 2.45) is 7.05 Å². The number of carbonyl (C=O) groups is 1. The maximum absolute atomic E-state index is 12.2. The lowest BCUT2D eigenvalue weighted by molar-refractivity contribution is 0.0948. The Hall–Kier alpha value is -2.76. The predicted octanol–water partition coefficient (Wildman–Crippen LogP) is 1.73. The summed E-state index contributed by atoms with van der Waals surface area (Å²) in [5.74, 6) is 1.26. The minimum absolute atomic E-state index is 0.182. The molecule has 3 aromatic heterocycles. The SMILES string of the molecule is Cn1ncc(C(=O)NCc2ccco2)c1-n1cccc1. The average Bonchev–Trinajstić information content (AvgIpc) is 3.17. The summed E-state index contributed by atoms with van der Waals surface area (Å²) in [5.41, 5.74) is 0.523. The third-order valence-electron chi connectivity index (χ3n) is 3.00. The summed E-state index contributed by atoms with van der Waals surface area (Å²) < 4.78 is 8.71. The van der Waals surface area contributed by atoms with Crippen LogP contribution in [0.5, 0.6) is 0 Å². The summed E-state index contributed by atoms with van der Waals surface area (Å²) >= 11 is 0. The van der Waals surface area contributed by atoms with Gasteiger partial charge in [0.05, 0.1) is 19.0 Å². The number of carbonyl (C=O) groups excluding carboxylic acids is 1. The normalized spacial score (nSPS) is 10.7. The Bertz CT molecular complexity index is 696. The summed E-state index contributed by atoms with van der Waals surface area (Å²) in [5, 5.41) is 6.97. The number of nitrogens with one attached hydrogen (secondary N) is 1. The second-order valence-corrected chi connectivity index (χ2v) is 4.36. The quantitative estimate of drug-likeness (QED) is 0.785. The van der Waals surface area contributed by atoms with Crippen molar-refractivity contribution in [1.82, 2.24) is 19.7 Å². The lowest BCUT2D eigenvalue weighted by Gasteiger charge is -2.07. The fraction of sp³-hybridized carbons (Fsp3) is 0.143. The van der Waals surface area contributed by atoms with Crippen LogP contribution < -0.4 is 5.32 Å². The van der Waals surface area contributed by atoms with Crippen LogP contribution in [0.15, 0.2) is 53.5 Å². The Morgan fingerprint density at radius 2 is 2.15 bits per heavy atom. The van der Waals surface area contributed by atoms with E-state index in [1.54, 1.807) is 30.3 Å². The van der Waals surface area contributed by atoms with E-state index in [0.29, 0.717) is 17.9 Å². The highest BCUT2D eigenvalue weighted by atomic mass is 16.3. The average molecular weight is 270 g/mol. The first-order chi connectivity index (χ1) is 9.75. The molecule has 6 nitrogen and oxygen atoms in total. The smallest absolute Gasteiger partial charge is 0.257 e. The van der Waals surface area contributed by atoms with Gasteiger partial charge in [0.1, 0.15) is 17.1 Å². The van der Waals surface area contributed by atoms with E-state index < -0.39 is 0 Å². The van der Waals surface area contributed by atoms with Crippen LogP contribution in [0.3, 0.4) is 0 Å². The van der Waals surface area contributed by atoms with E-state index in [1.165, 1.54) is 0 Å². The summed E-state index contributed by atoms with van der Waals surface area (Å²) in [4.78, 5) is 12.2. The number of hydrogen-bond donors (Lipinski definition) is 1. The zero-order valence-electron chi connectivity index (χ0n) is 11.0. The number of aryl methyl sites for hydroxylation is 1. The summed E-state index contributed by atoms with van der Waals surface area (Å²) in [7, 11) is 1.80. The number of nitrogens with zero attached hydrogens (tertiary/aromatic N) is 3. The minimum Gasteiger partial charge on any atom is -0.467 e. The maximum atomic E-state index is 12.2. The van der Waals surface area contributed by atoms with Gasteiger partial charge in [0.15, 0.2) is 0 Å². The first-order valence-corrected chi connectivity index (χ1v) is 6.21. The number of furan rings is 1. The van der Waals surface area contributed by atoms with Crippen LogP contribution in [0.25, 0.3) is 5.82 Å². The van der Waals surface area contributed by atoms with Crippen LogP contribution in [0.2, 0.25) is 0 Å². The zero-order valence-corrected chi connectivity index (χ0v) is 11.0. The van der Waals surface area contributed by atoms with Crippen molar-refractivity contribution < 1.29 is 9.21 Å². The van der Waals surface area contributed by atoms with Gasteiger partial charge in [0, 0.05) is 19.4 Å². The Morgan fingerprint density at radius 3 is 2.85 bits per heavy atom. The fourth-order valence-electron chi connectivity index (χ4n) is 2.05. The van der Waals surface area contributed by atoms with Crippen LogP contribution in [0.1, 0.15) is 16.1 Å². The van der Waals surface area contributed by atoms with E-state index >= 15 is 0 Å². The van der Waals surface area contributed by atoms with Crippen LogP contribution in [-0.2, 0) is 13.6 Å². The van der Waals surface area contributed by atoms with Crippen LogP contribution >= 0.6 is 0 Å². The van der Waals surface area contributed by atoms with Gasteiger partial charge in [-0.1, -0.05) is 0 Å². The highest BCUT2D eigenvalue weighted by Crippen LogP contribution is 2.14. The molecule has 1 N–H and O–H groups in total. The highest BCUT2D eigenvalue weighted by molar-refractivity contribution is 5.97. The van der Waals surface area contributed by atoms with Crippen molar-refractivity contribution in [3.63, 3.8) is 0 Å². The molecule has 0 fully saturated rings. The Morgan fingerprint density at radius 1 is 1.35 bits per heavy atom. The van der Waals surface area contributed by atoms with E-state index in [4.69, 9.17) is 4.42 Å². The maximum Gasteiger partial charge on any atom is 0.257 e. The third kappa shape index (κ3) is 2.23. The lowest BCUT2D eigenvalue weighted by Crippen LogP contribution is -2.23. The molecule has 0 radical (unpaired) electrons. The van der Waals surface area contributed by atoms with Crippen molar-refractivity contribution in [1.29, 1.82) is 0 Å². The molecule has 0 aliphatic rings. The molecule has 3 heterocycles. The molecule has 0 saturated carbocycles. The van der Waals surface area contributed by atoms with Crippen molar-refractivity contribution in [3.8, 4) is 5.82 Å². The van der Waals surface area contributed by atoms with E-state index in [2.05, 4.69) is 10.4 Å². The molecular formula is C14H14N4O2. The van der Waals surface area contributed by atoms with Crippen LogP contribution in [0.4, 0.5) is 0 Å². The van der Waals surface area contributed by atoms with Crippen molar-refractivity contribution in [3.05, 3.63) is 60.4 Å². The van der Waals surface area contributed by atoms with E-state index in [0.717, 1.165) is 5.82 Å². The van der Waals surface area contributed by atoms with Gasteiger partial charge in [0.2, 0.25) is 0 Å². The molecule has 1 amide bonds. The number of rotatable bonds is 4. The first-order valence-electron chi connectivity index (χ1n) is 6.21. The molecule has 6 heteroatoms. The predicted molar refractivity (Wildman–Crippen MR) is 72.4 cm³/mol. The second-order valence-electron chi connectivity index (χ2n) is 4.36. The molecule has 3 aromatic rings. The van der Waals surface area contributed by atoms with Gasteiger partial charge >= 0.3 is 0 Å². The Kier molecular flexibility index (Phi) is 3.12. The van der Waals surface area contributed by atoms with Crippen molar-refractivity contribution in [2.45, 2.75) is 6.54 Å². The van der Waals surface area contributed by atoms with Crippen molar-refractivity contribution >= 4 is 5.91 Å². The minimum atomic E-state index is -0.182. The number of hydrogen-bond acceptors (Lipinski definition) is 3. The van der Waals surface area contributed by atoms with Gasteiger partial charge in [-0.05, 0) is 24.3 Å². The third-order valence-corrected chi connectivity index (χ3v) is 3.00. The molecule has 0 spiro atoms. The lowest BCUT2D eigenvalue weighted by atomic mass is 10.3. The molecule has 102 valence electrons. The molecule has 0 bridgehead atoms. The Labute approximate surface area is 115 Å². The molecule has 0 atom stereocenters. The monoisotopic (exact) mass is 270 g/mol. The summed E-state index contributed by atoms with van der Waals surface area (Å²) in [6, 6.07) is 7.41. The number of amides is 1. The highest BCUT2D eigenvalue weighted by Gasteiger charge is 2.17. The van der Waals surface area contributed by atoms with Gasteiger partial charge < -0.3 is 14.3 Å². The van der Waals surface area contributed by atoms with Gasteiger partial charge in [-0.3, -0.25) is 9.48 Å². The Balaban J connectivity index is 1.82. The zero-order chi connectivity index (χ0) is 13.9. The largest absolute Gasteiger partial charge is 0.467 e. The molecule has 0 saturated heterocycles. The topological polar surface area (TPSA) is 65.0 Å². The molecule has 0 aromatic carbocycles. The van der Waals surface area contributed by atoms with E-state index in [9.17, 15) is 4.79 Å². The van der Waals surface area contributed by atoms with E-state index in [-0.39, 0.29) is 5.91 Å². The molecule has 0 unspecified atom stereocenters. The first kappa shape index (κ1) is 12.3. The summed E-state index contributed by atoms with van der Waals surface area (Å²) in [6.07, 6.45) is 6.89. The fourth-order valence-corrected chi connectivity index (χ4v) is 2.05. The standard InChI is InChI=1S/C14H14N4O2/c1-17-14(18-6-2-3-7-18)12(10-16-17)13(19)15-9-11-5-4-8-20-11/h2-8,10H,9H2,1H3,(H,15,19). The van der Waals surface area contributed by atoms with E-state index in [1.807, 2.05) is 35.2 Å². The van der Waals surface area contributed by atoms with Crippen molar-refractivity contribution in [2.75, 3.05) is 0 Å². The second kappa shape index (κ2) is 5.08. The molecule has 3 rings (SSSR count). The van der Waals surface area contributed by atoms with Gasteiger partial charge in [-0.2, -0.15) is 5.10 Å². The van der Waals surface area contributed by atoms with Crippen LogP contribution in [0, 0.1) is 0 Å². The molecular weight excluding hydrogens is 256 g/mol. The molecule has 0 aliphatic carbocycles.